The maximum absolute atomic E-state index is 15.2. The molecule has 200 valence electrons. The van der Waals surface area contributed by atoms with Gasteiger partial charge in [0.15, 0.2) is 11.6 Å². The number of aromatic nitrogens is 1. The van der Waals surface area contributed by atoms with Crippen LogP contribution >= 0.6 is 0 Å². The summed E-state index contributed by atoms with van der Waals surface area (Å²) in [6.07, 6.45) is 3.67. The summed E-state index contributed by atoms with van der Waals surface area (Å²) in [5.41, 5.74) is -1.73. The number of pyridine rings is 1. The first-order valence-electron chi connectivity index (χ1n) is 12.5. The highest BCUT2D eigenvalue weighted by Crippen LogP contribution is 2.40. The summed E-state index contributed by atoms with van der Waals surface area (Å²) in [5.74, 6) is -3.82. The minimum atomic E-state index is -1.41. The number of rotatable bonds is 6. The Hall–Kier alpha value is -3.27. The van der Waals surface area contributed by atoms with E-state index < -0.39 is 52.4 Å². The van der Waals surface area contributed by atoms with E-state index >= 15 is 4.39 Å². The predicted molar refractivity (Wildman–Crippen MR) is 134 cm³/mol. The molecule has 10 heteroatoms. The largest absolute Gasteiger partial charge is 0.477 e. The Labute approximate surface area is 213 Å². The number of benzene rings is 1. The average Bonchev–Trinajstić information content (AvgIpc) is 3.57. The van der Waals surface area contributed by atoms with Crippen LogP contribution in [0.4, 0.5) is 13.6 Å². The van der Waals surface area contributed by atoms with E-state index in [9.17, 15) is 29.0 Å². The van der Waals surface area contributed by atoms with Crippen LogP contribution in [0.15, 0.2) is 16.9 Å². The second kappa shape index (κ2) is 9.89. The molecule has 2 fully saturated rings. The maximum Gasteiger partial charge on any atom is 0.410 e. The van der Waals surface area contributed by atoms with Crippen LogP contribution in [0.3, 0.4) is 0 Å². The van der Waals surface area contributed by atoms with Crippen molar-refractivity contribution in [3.05, 3.63) is 50.8 Å². The lowest BCUT2D eigenvalue weighted by Gasteiger charge is -2.29. The molecule has 2 heterocycles. The fourth-order valence-corrected chi connectivity index (χ4v) is 5.04. The highest BCUT2D eigenvalue weighted by Gasteiger charge is 2.37. The van der Waals surface area contributed by atoms with Gasteiger partial charge < -0.3 is 24.4 Å². The van der Waals surface area contributed by atoms with E-state index in [1.54, 1.807) is 32.3 Å². The SMILES string of the molecule is CCc1c(C(=O)O)c(=O)c2cc(F)c(F)c(C=CC[C@@H]3[C@H](O)CCN3C(=O)OC(C)(C)C)c2n1C1CC1. The summed E-state index contributed by atoms with van der Waals surface area (Å²) in [4.78, 5) is 39.1. The third kappa shape index (κ3) is 5.12. The maximum atomic E-state index is 15.2. The van der Waals surface area contributed by atoms with Crippen molar-refractivity contribution >= 4 is 29.0 Å². The normalized spacial score (nSPS) is 20.2. The monoisotopic (exact) mass is 518 g/mol. The standard InChI is InChI=1S/C27H32F2N2O6/c1-5-18-21(25(34)35)24(33)16-13-17(28)22(29)15(23(16)31(18)14-9-10-14)7-6-8-19-20(32)11-12-30(19)26(36)37-27(2,3)4/h6-7,13-14,19-20,32H,5,8-12H2,1-4H3,(H,34,35)/t19-,20-/m1/s1. The van der Waals surface area contributed by atoms with E-state index in [4.69, 9.17) is 4.74 Å². The number of carbonyl (C=O) groups excluding carboxylic acids is 1. The molecular weight excluding hydrogens is 486 g/mol. The molecule has 2 N–H and O–H groups in total. The average molecular weight is 519 g/mol. The van der Waals surface area contributed by atoms with Crippen molar-refractivity contribution < 1.29 is 33.3 Å². The number of fused-ring (bicyclic) bond motifs is 1. The fourth-order valence-electron chi connectivity index (χ4n) is 5.04. The Morgan fingerprint density at radius 1 is 1.22 bits per heavy atom. The molecule has 1 aromatic heterocycles. The van der Waals surface area contributed by atoms with Crippen LogP contribution in [0, 0.1) is 11.6 Å². The van der Waals surface area contributed by atoms with E-state index in [1.165, 1.54) is 17.1 Å². The molecule has 37 heavy (non-hydrogen) atoms. The van der Waals surface area contributed by atoms with Crippen LogP contribution in [0.1, 0.15) is 81.0 Å². The number of carboxylic acids is 1. The van der Waals surface area contributed by atoms with Gasteiger partial charge in [-0.1, -0.05) is 19.1 Å². The molecule has 2 aliphatic rings. The number of ether oxygens (including phenoxy) is 1. The minimum absolute atomic E-state index is 0.118. The number of nitrogens with zero attached hydrogens (tertiary/aromatic N) is 2. The third-order valence-electron chi connectivity index (χ3n) is 6.78. The summed E-state index contributed by atoms with van der Waals surface area (Å²) in [7, 11) is 0. The first-order valence-corrected chi connectivity index (χ1v) is 12.5. The van der Waals surface area contributed by atoms with Crippen molar-refractivity contribution in [2.75, 3.05) is 6.54 Å². The number of hydrogen-bond donors (Lipinski definition) is 2. The summed E-state index contributed by atoms with van der Waals surface area (Å²) in [5, 5.41) is 20.0. The molecule has 8 nitrogen and oxygen atoms in total. The molecular formula is C27H32F2N2O6. The van der Waals surface area contributed by atoms with Crippen LogP contribution < -0.4 is 5.43 Å². The lowest BCUT2D eigenvalue weighted by Crippen LogP contribution is -2.42. The van der Waals surface area contributed by atoms with Crippen molar-refractivity contribution in [3.63, 3.8) is 0 Å². The Kier molecular flexibility index (Phi) is 7.16. The molecule has 1 amide bonds. The Morgan fingerprint density at radius 3 is 2.46 bits per heavy atom. The first kappa shape index (κ1) is 26.8. The molecule has 0 spiro atoms. The number of hydrogen-bond acceptors (Lipinski definition) is 5. The zero-order chi connectivity index (χ0) is 27.2. The summed E-state index contributed by atoms with van der Waals surface area (Å²) < 4.78 is 37.0. The number of aromatic carboxylic acids is 1. The zero-order valence-corrected chi connectivity index (χ0v) is 21.4. The Balaban J connectivity index is 1.79. The molecule has 4 rings (SSSR count). The molecule has 2 atom stereocenters. The number of aliphatic hydroxyl groups excluding tert-OH is 1. The minimum Gasteiger partial charge on any atom is -0.477 e. The van der Waals surface area contributed by atoms with Gasteiger partial charge in [0.1, 0.15) is 11.2 Å². The van der Waals surface area contributed by atoms with Crippen molar-refractivity contribution in [2.24, 2.45) is 0 Å². The highest BCUT2D eigenvalue weighted by atomic mass is 19.2. The number of amides is 1. The van der Waals surface area contributed by atoms with Crippen molar-refractivity contribution in [1.82, 2.24) is 9.47 Å². The Morgan fingerprint density at radius 2 is 1.89 bits per heavy atom. The zero-order valence-electron chi connectivity index (χ0n) is 21.4. The molecule has 1 saturated carbocycles. The van der Waals surface area contributed by atoms with E-state index in [-0.39, 0.29) is 41.0 Å². The molecule has 0 radical (unpaired) electrons. The highest BCUT2D eigenvalue weighted by molar-refractivity contribution is 5.97. The lowest BCUT2D eigenvalue weighted by atomic mass is 10.00. The van der Waals surface area contributed by atoms with Crippen molar-refractivity contribution in [2.45, 2.75) is 83.6 Å². The van der Waals surface area contributed by atoms with Crippen LogP contribution in [-0.4, -0.2) is 56.0 Å². The summed E-state index contributed by atoms with van der Waals surface area (Å²) >= 11 is 0. The van der Waals surface area contributed by atoms with Crippen molar-refractivity contribution in [3.8, 4) is 0 Å². The smallest absolute Gasteiger partial charge is 0.410 e. The van der Waals surface area contributed by atoms with E-state index in [1.807, 2.05) is 0 Å². The second-order valence-corrected chi connectivity index (χ2v) is 10.6. The Bertz CT molecular complexity index is 1340. The van der Waals surface area contributed by atoms with Gasteiger partial charge in [-0.3, -0.25) is 4.79 Å². The first-order chi connectivity index (χ1) is 17.4. The molecule has 1 aliphatic carbocycles. The van der Waals surface area contributed by atoms with Crippen LogP contribution in [0.25, 0.3) is 17.0 Å². The predicted octanol–water partition coefficient (Wildman–Crippen LogP) is 4.65. The van der Waals surface area contributed by atoms with E-state index in [0.29, 0.717) is 13.0 Å². The topological polar surface area (TPSA) is 109 Å². The number of likely N-dealkylation sites (tertiary alicyclic amines) is 1. The van der Waals surface area contributed by atoms with Gasteiger partial charge in [-0.05, 0) is 58.9 Å². The molecule has 0 bridgehead atoms. The number of aliphatic hydroxyl groups is 1. The van der Waals surface area contributed by atoms with Gasteiger partial charge in [0, 0.05) is 23.8 Å². The number of carboxylic acid groups (broad SMARTS) is 1. The van der Waals surface area contributed by atoms with Gasteiger partial charge >= 0.3 is 12.1 Å². The van der Waals surface area contributed by atoms with Crippen LogP contribution in [0.5, 0.6) is 0 Å². The molecule has 2 aromatic rings. The fraction of sp³-hybridized carbons (Fsp3) is 0.519. The molecule has 1 saturated heterocycles. The van der Waals surface area contributed by atoms with Gasteiger partial charge in [-0.25, -0.2) is 18.4 Å². The number of halogens is 2. The van der Waals surface area contributed by atoms with Gasteiger partial charge in [0.2, 0.25) is 5.43 Å². The van der Waals surface area contributed by atoms with E-state index in [0.717, 1.165) is 18.9 Å². The number of carbonyl (C=O) groups is 2. The van der Waals surface area contributed by atoms with Gasteiger partial charge in [-0.15, -0.1) is 0 Å². The third-order valence-corrected chi connectivity index (χ3v) is 6.78. The molecule has 1 aromatic carbocycles. The van der Waals surface area contributed by atoms with Gasteiger partial charge in [0.05, 0.1) is 23.0 Å². The van der Waals surface area contributed by atoms with Crippen molar-refractivity contribution in [1.29, 1.82) is 0 Å². The molecule has 0 unspecified atom stereocenters. The summed E-state index contributed by atoms with van der Waals surface area (Å²) in [6.45, 7) is 7.23. The lowest BCUT2D eigenvalue weighted by molar-refractivity contribution is 0.0159. The molecule has 1 aliphatic heterocycles. The van der Waals surface area contributed by atoms with Gasteiger partial charge in [-0.2, -0.15) is 0 Å². The van der Waals surface area contributed by atoms with Crippen LogP contribution in [0.2, 0.25) is 0 Å². The quantitative estimate of drug-likeness (QED) is 0.576. The second-order valence-electron chi connectivity index (χ2n) is 10.6. The van der Waals surface area contributed by atoms with Crippen LogP contribution in [-0.2, 0) is 11.2 Å². The van der Waals surface area contributed by atoms with Gasteiger partial charge in [0.25, 0.3) is 0 Å². The van der Waals surface area contributed by atoms with E-state index in [2.05, 4.69) is 0 Å². The summed E-state index contributed by atoms with van der Waals surface area (Å²) in [6, 6.07) is 0.0250.